The number of anilines is 1. The Morgan fingerprint density at radius 3 is 2.53 bits per heavy atom. The molecule has 43 heavy (non-hydrogen) atoms. The predicted molar refractivity (Wildman–Crippen MR) is 166 cm³/mol. The molecule has 5 rings (SSSR count). The van der Waals surface area contributed by atoms with Crippen molar-refractivity contribution in [3.05, 3.63) is 99.8 Å². The monoisotopic (exact) mass is 639 g/mol. The van der Waals surface area contributed by atoms with Gasteiger partial charge in [0.05, 0.1) is 24.8 Å². The number of hydrogen-bond donors (Lipinski definition) is 1. The summed E-state index contributed by atoms with van der Waals surface area (Å²) in [5.74, 6) is -1.27. The molecule has 0 spiro atoms. The van der Waals surface area contributed by atoms with Crippen LogP contribution in [0.1, 0.15) is 43.0 Å². The molecule has 0 radical (unpaired) electrons. The van der Waals surface area contributed by atoms with Crippen LogP contribution in [0.3, 0.4) is 0 Å². The van der Waals surface area contributed by atoms with Crippen molar-refractivity contribution in [1.29, 1.82) is 0 Å². The number of benzene rings is 3. The molecular formula is C31H27ClFN3O5S2. The summed E-state index contributed by atoms with van der Waals surface area (Å²) >= 11 is 8.83. The third-order valence-electron chi connectivity index (χ3n) is 6.52. The zero-order valence-corrected chi connectivity index (χ0v) is 25.6. The smallest absolute Gasteiger partial charge is 0.301 e. The van der Waals surface area contributed by atoms with Crippen molar-refractivity contribution in [1.82, 2.24) is 10.2 Å². The first kappa shape index (κ1) is 30.5. The lowest BCUT2D eigenvalue weighted by Gasteiger charge is -2.23. The van der Waals surface area contributed by atoms with Crippen LogP contribution < -0.4 is 14.4 Å². The van der Waals surface area contributed by atoms with Gasteiger partial charge in [-0.2, -0.15) is 0 Å². The van der Waals surface area contributed by atoms with Gasteiger partial charge in [-0.3, -0.25) is 14.5 Å². The van der Waals surface area contributed by atoms with Gasteiger partial charge in [0, 0.05) is 16.3 Å². The van der Waals surface area contributed by atoms with Gasteiger partial charge in [0.15, 0.2) is 15.8 Å². The summed E-state index contributed by atoms with van der Waals surface area (Å²) in [5, 5.41) is 20.6. The van der Waals surface area contributed by atoms with Crippen molar-refractivity contribution in [2.45, 2.75) is 36.4 Å². The standard InChI is InChI=1S/C31H27ClFN3O5S2/c1-3-15-41-23-14-11-19(16-24(23)40-4-2)26-25(27(37)18-9-12-21(33)13-10-18)28(38)29(39)36(26)30-34-35-31(43-30)42-17-20-7-5-6-8-22(20)32/h5-14,16,26,37H,3-4,15,17H2,1-2H3/b27-25+. The number of rotatable bonds is 11. The lowest BCUT2D eigenvalue weighted by molar-refractivity contribution is -0.132. The Morgan fingerprint density at radius 1 is 1.05 bits per heavy atom. The van der Waals surface area contributed by atoms with Gasteiger partial charge in [0.25, 0.3) is 5.78 Å². The number of aliphatic hydroxyl groups excluding tert-OH is 1. The number of ketones is 1. The number of hydrogen-bond acceptors (Lipinski definition) is 9. The minimum absolute atomic E-state index is 0.165. The Bertz CT molecular complexity index is 1680. The molecule has 8 nitrogen and oxygen atoms in total. The number of amides is 1. The van der Waals surface area contributed by atoms with Crippen molar-refractivity contribution in [2.24, 2.45) is 0 Å². The van der Waals surface area contributed by atoms with Crippen LogP contribution >= 0.6 is 34.7 Å². The molecule has 1 atom stereocenters. The van der Waals surface area contributed by atoms with E-state index in [1.807, 2.05) is 32.0 Å². The normalized spacial score (nSPS) is 16.1. The molecule has 1 amide bonds. The van der Waals surface area contributed by atoms with E-state index in [0.29, 0.717) is 45.4 Å². The number of ether oxygens (including phenoxy) is 2. The number of carbonyl (C=O) groups excluding carboxylic acids is 2. The number of Topliss-reactive ketones (excluding diaryl/α,β-unsaturated/α-hetero) is 1. The minimum Gasteiger partial charge on any atom is -0.507 e. The summed E-state index contributed by atoms with van der Waals surface area (Å²) in [6, 6.07) is 16.5. The molecule has 1 aliphatic rings. The van der Waals surface area contributed by atoms with Crippen LogP contribution in [0.15, 0.2) is 76.6 Å². The molecular weight excluding hydrogens is 613 g/mol. The first-order valence-corrected chi connectivity index (χ1v) is 15.7. The van der Waals surface area contributed by atoms with E-state index in [0.717, 1.165) is 23.3 Å². The van der Waals surface area contributed by atoms with Crippen molar-refractivity contribution in [2.75, 3.05) is 18.1 Å². The van der Waals surface area contributed by atoms with Crippen LogP contribution in [0, 0.1) is 5.82 Å². The first-order chi connectivity index (χ1) is 20.8. The van der Waals surface area contributed by atoms with Gasteiger partial charge in [-0.25, -0.2) is 4.39 Å². The Morgan fingerprint density at radius 2 is 1.81 bits per heavy atom. The lowest BCUT2D eigenvalue weighted by atomic mass is 9.95. The maximum atomic E-state index is 13.7. The van der Waals surface area contributed by atoms with E-state index in [4.69, 9.17) is 21.1 Å². The Balaban J connectivity index is 1.58. The van der Waals surface area contributed by atoms with Crippen LogP contribution in [0.2, 0.25) is 5.02 Å². The maximum Gasteiger partial charge on any atom is 0.301 e. The molecule has 1 saturated heterocycles. The molecule has 1 aliphatic heterocycles. The summed E-state index contributed by atoms with van der Waals surface area (Å²) in [7, 11) is 0. The highest BCUT2D eigenvalue weighted by Crippen LogP contribution is 2.45. The van der Waals surface area contributed by atoms with Crippen molar-refractivity contribution in [3.8, 4) is 11.5 Å². The third-order valence-corrected chi connectivity index (χ3v) is 8.99. The van der Waals surface area contributed by atoms with Gasteiger partial charge in [-0.05, 0) is 66.9 Å². The van der Waals surface area contributed by atoms with Crippen LogP contribution in [-0.4, -0.2) is 40.2 Å². The van der Waals surface area contributed by atoms with Gasteiger partial charge in [-0.1, -0.05) is 65.9 Å². The molecule has 1 aromatic heterocycles. The molecule has 2 heterocycles. The average Bonchev–Trinajstić information content (AvgIpc) is 3.58. The fourth-order valence-electron chi connectivity index (χ4n) is 4.52. The van der Waals surface area contributed by atoms with Gasteiger partial charge >= 0.3 is 5.91 Å². The number of carbonyl (C=O) groups is 2. The highest BCUT2D eigenvalue weighted by molar-refractivity contribution is 8.00. The molecule has 0 saturated carbocycles. The van der Waals surface area contributed by atoms with Crippen LogP contribution in [-0.2, 0) is 15.3 Å². The zero-order valence-electron chi connectivity index (χ0n) is 23.3. The van der Waals surface area contributed by atoms with Gasteiger partial charge < -0.3 is 14.6 Å². The highest BCUT2D eigenvalue weighted by Gasteiger charge is 2.48. The second kappa shape index (κ2) is 13.6. The number of halogens is 2. The minimum atomic E-state index is -1.07. The zero-order chi connectivity index (χ0) is 30.5. The molecule has 12 heteroatoms. The fraction of sp³-hybridized carbons (Fsp3) is 0.226. The number of aliphatic hydroxyl groups is 1. The van der Waals surface area contributed by atoms with Crippen LogP contribution in [0.4, 0.5) is 9.52 Å². The van der Waals surface area contributed by atoms with E-state index in [1.54, 1.807) is 24.3 Å². The Hall–Kier alpha value is -3.93. The summed E-state index contributed by atoms with van der Waals surface area (Å²) < 4.78 is 25.9. The quantitative estimate of drug-likeness (QED) is 0.0594. The average molecular weight is 640 g/mol. The topological polar surface area (TPSA) is 102 Å². The van der Waals surface area contributed by atoms with E-state index in [9.17, 15) is 19.1 Å². The molecule has 222 valence electrons. The van der Waals surface area contributed by atoms with Gasteiger partial charge in [0.1, 0.15) is 11.6 Å². The summed E-state index contributed by atoms with van der Waals surface area (Å²) in [6.07, 6.45) is 0.791. The molecule has 0 bridgehead atoms. The predicted octanol–water partition coefficient (Wildman–Crippen LogP) is 7.44. The number of aromatic nitrogens is 2. The van der Waals surface area contributed by atoms with Gasteiger partial charge in [-0.15, -0.1) is 10.2 Å². The lowest BCUT2D eigenvalue weighted by Crippen LogP contribution is -2.29. The fourth-order valence-corrected chi connectivity index (χ4v) is 6.67. The van der Waals surface area contributed by atoms with E-state index in [2.05, 4.69) is 10.2 Å². The largest absolute Gasteiger partial charge is 0.507 e. The summed E-state index contributed by atoms with van der Waals surface area (Å²) in [4.78, 5) is 28.3. The number of thioether (sulfide) groups is 1. The maximum absolute atomic E-state index is 13.7. The molecule has 0 aliphatic carbocycles. The van der Waals surface area contributed by atoms with E-state index < -0.39 is 29.3 Å². The van der Waals surface area contributed by atoms with E-state index >= 15 is 0 Å². The second-order valence-electron chi connectivity index (χ2n) is 9.39. The van der Waals surface area contributed by atoms with Gasteiger partial charge in [0.2, 0.25) is 5.13 Å². The molecule has 4 aromatic rings. The second-order valence-corrected chi connectivity index (χ2v) is 12.0. The summed E-state index contributed by atoms with van der Waals surface area (Å²) in [5.41, 5.74) is 1.42. The van der Waals surface area contributed by atoms with E-state index in [1.165, 1.54) is 40.9 Å². The van der Waals surface area contributed by atoms with Crippen molar-refractivity contribution in [3.63, 3.8) is 0 Å². The molecule has 1 N–H and O–H groups in total. The highest BCUT2D eigenvalue weighted by atomic mass is 35.5. The Kier molecular flexibility index (Phi) is 9.64. The third kappa shape index (κ3) is 6.53. The summed E-state index contributed by atoms with van der Waals surface area (Å²) in [6.45, 7) is 4.65. The van der Waals surface area contributed by atoms with Crippen LogP contribution in [0.25, 0.3) is 5.76 Å². The number of nitrogens with zero attached hydrogens (tertiary/aromatic N) is 3. The van der Waals surface area contributed by atoms with Crippen LogP contribution in [0.5, 0.6) is 11.5 Å². The molecule has 1 unspecified atom stereocenters. The van der Waals surface area contributed by atoms with Crippen molar-refractivity contribution >= 4 is 57.3 Å². The van der Waals surface area contributed by atoms with Crippen molar-refractivity contribution < 1.29 is 28.6 Å². The molecule has 3 aromatic carbocycles. The van der Waals surface area contributed by atoms with E-state index in [-0.39, 0.29) is 16.3 Å². The Labute approximate surface area is 261 Å². The SMILES string of the molecule is CCCOc1ccc(C2/C(=C(\O)c3ccc(F)cc3)C(=O)C(=O)N2c2nnc(SCc3ccccc3Cl)s2)cc1OCC. The molecule has 1 fully saturated rings. The first-order valence-electron chi connectivity index (χ1n) is 13.5.